The van der Waals surface area contributed by atoms with Crippen LogP contribution in [-0.4, -0.2) is 43.6 Å². The van der Waals surface area contributed by atoms with E-state index in [1.165, 1.54) is 25.3 Å². The summed E-state index contributed by atoms with van der Waals surface area (Å²) >= 11 is 0. The summed E-state index contributed by atoms with van der Waals surface area (Å²) in [6.45, 7) is 4.08. The molecule has 0 atom stereocenters. The summed E-state index contributed by atoms with van der Waals surface area (Å²) in [6, 6.07) is 13.8. The molecule has 0 radical (unpaired) electrons. The first-order valence-corrected chi connectivity index (χ1v) is 11.9. The largest absolute Gasteiger partial charge is 0.464 e. The highest BCUT2D eigenvalue weighted by Gasteiger charge is 2.19. The highest BCUT2D eigenvalue weighted by molar-refractivity contribution is 7.90. The molecule has 0 aliphatic carbocycles. The van der Waals surface area contributed by atoms with Crippen molar-refractivity contribution in [3.63, 3.8) is 0 Å². The van der Waals surface area contributed by atoms with E-state index < -0.39 is 21.5 Å². The van der Waals surface area contributed by atoms with Gasteiger partial charge in [-0.2, -0.15) is 4.98 Å². The summed E-state index contributed by atoms with van der Waals surface area (Å²) in [5.74, 6) is -0.453. The first kappa shape index (κ1) is 23.9. The second-order valence-electron chi connectivity index (χ2n) is 7.55. The van der Waals surface area contributed by atoms with E-state index >= 15 is 0 Å². The fourth-order valence-corrected chi connectivity index (χ4v) is 3.71. The molecule has 9 nitrogen and oxygen atoms in total. The Hall–Kier alpha value is -3.79. The molecule has 0 aliphatic heterocycles. The molecule has 172 valence electrons. The van der Waals surface area contributed by atoms with E-state index in [1.807, 2.05) is 38.1 Å². The maximum Gasteiger partial charge on any atom is 0.356 e. The highest BCUT2D eigenvalue weighted by atomic mass is 32.2. The second-order valence-corrected chi connectivity index (χ2v) is 9.57. The molecule has 0 aliphatic rings. The number of esters is 1. The zero-order valence-electron chi connectivity index (χ0n) is 18.6. The predicted molar refractivity (Wildman–Crippen MR) is 125 cm³/mol. The number of carbonyl (C=O) groups is 1. The minimum Gasteiger partial charge on any atom is -0.464 e. The van der Waals surface area contributed by atoms with Gasteiger partial charge in [-0.1, -0.05) is 49.3 Å². The van der Waals surface area contributed by atoms with E-state index in [9.17, 15) is 13.2 Å². The van der Waals surface area contributed by atoms with E-state index in [-0.39, 0.29) is 28.2 Å². The lowest BCUT2D eigenvalue weighted by molar-refractivity contribution is -0.132. The fourth-order valence-electron chi connectivity index (χ4n) is 3.04. The summed E-state index contributed by atoms with van der Waals surface area (Å²) in [4.78, 5) is 16.3. The number of carbonyl (C=O) groups excluding carboxylic acids is 1. The van der Waals surface area contributed by atoms with Gasteiger partial charge in [-0.25, -0.2) is 13.2 Å². The van der Waals surface area contributed by atoms with Crippen molar-refractivity contribution in [1.29, 1.82) is 5.41 Å². The van der Waals surface area contributed by atoms with Gasteiger partial charge in [0.25, 0.3) is 5.89 Å². The van der Waals surface area contributed by atoms with Crippen LogP contribution in [0.1, 0.15) is 31.2 Å². The molecule has 0 saturated heterocycles. The number of hydrogen-bond donors (Lipinski definition) is 2. The summed E-state index contributed by atoms with van der Waals surface area (Å²) in [5.41, 5.74) is 2.00. The Kier molecular flexibility index (Phi) is 7.07. The smallest absolute Gasteiger partial charge is 0.356 e. The van der Waals surface area contributed by atoms with E-state index in [0.717, 1.165) is 17.5 Å². The molecular formula is C23H24N4O5S. The molecule has 0 amide bonds. The molecule has 0 saturated carbocycles. The maximum absolute atomic E-state index is 11.9. The highest BCUT2D eigenvalue weighted by Crippen LogP contribution is 2.28. The van der Waals surface area contributed by atoms with Gasteiger partial charge in [-0.15, -0.1) is 0 Å². The van der Waals surface area contributed by atoms with Gasteiger partial charge < -0.3 is 14.6 Å². The van der Waals surface area contributed by atoms with Crippen LogP contribution in [0.2, 0.25) is 0 Å². The Balaban J connectivity index is 2.05. The molecule has 2 N–H and O–H groups in total. The minimum atomic E-state index is -3.41. The van der Waals surface area contributed by atoms with E-state index in [1.54, 1.807) is 12.1 Å². The van der Waals surface area contributed by atoms with E-state index in [4.69, 9.17) is 9.93 Å². The second kappa shape index (κ2) is 9.78. The average Bonchev–Trinajstić information content (AvgIpc) is 3.28. The number of aromatic nitrogens is 2. The summed E-state index contributed by atoms with van der Waals surface area (Å²) in [7, 11) is -2.23. The van der Waals surface area contributed by atoms with Crippen LogP contribution in [-0.2, 0) is 19.4 Å². The topological polar surface area (TPSA) is 135 Å². The first-order chi connectivity index (χ1) is 15.6. The van der Waals surface area contributed by atoms with Gasteiger partial charge in [-0.3, -0.25) is 5.41 Å². The number of ether oxygens (including phenoxy) is 1. The van der Waals surface area contributed by atoms with Crippen LogP contribution >= 0.6 is 0 Å². The molecule has 1 aromatic heterocycles. The molecule has 10 heteroatoms. The molecular weight excluding hydrogens is 444 g/mol. The predicted octanol–water partition coefficient (Wildman–Crippen LogP) is 3.91. The zero-order chi connectivity index (χ0) is 24.2. The quantitative estimate of drug-likeness (QED) is 0.375. The Morgan fingerprint density at radius 1 is 1.18 bits per heavy atom. The number of methoxy groups -OCH3 is 1. The molecule has 1 heterocycles. The number of anilines is 1. The Bertz CT molecular complexity index is 1330. The van der Waals surface area contributed by atoms with Crippen molar-refractivity contribution in [3.8, 4) is 11.4 Å². The van der Waals surface area contributed by atoms with Gasteiger partial charge in [0.15, 0.2) is 9.84 Å². The zero-order valence-corrected chi connectivity index (χ0v) is 19.4. The third-order valence-corrected chi connectivity index (χ3v) is 5.83. The van der Waals surface area contributed by atoms with Crippen LogP contribution in [0.5, 0.6) is 0 Å². The van der Waals surface area contributed by atoms with E-state index in [0.29, 0.717) is 5.56 Å². The minimum absolute atomic E-state index is 0.0157. The summed E-state index contributed by atoms with van der Waals surface area (Å²) in [6.07, 6.45) is 2.36. The number of hydrogen-bond acceptors (Lipinski definition) is 9. The molecule has 0 fully saturated rings. The maximum atomic E-state index is 11.9. The van der Waals surface area contributed by atoms with Crippen LogP contribution in [0.4, 0.5) is 5.69 Å². The Morgan fingerprint density at radius 3 is 2.58 bits per heavy atom. The fraction of sp³-hybridized carbons (Fsp3) is 0.217. The van der Waals surface area contributed by atoms with Crippen molar-refractivity contribution in [2.24, 2.45) is 0 Å². The van der Waals surface area contributed by atoms with Gasteiger partial charge >= 0.3 is 5.97 Å². The van der Waals surface area contributed by atoms with Crippen LogP contribution < -0.4 is 5.32 Å². The van der Waals surface area contributed by atoms with Gasteiger partial charge in [0.05, 0.1) is 12.0 Å². The third kappa shape index (κ3) is 5.72. The van der Waals surface area contributed by atoms with Crippen LogP contribution in [0.25, 0.3) is 17.1 Å². The lowest BCUT2D eigenvalue weighted by Gasteiger charge is -2.15. The van der Waals surface area contributed by atoms with Crippen molar-refractivity contribution >= 4 is 32.9 Å². The summed E-state index contributed by atoms with van der Waals surface area (Å²) in [5, 5.41) is 15.1. The van der Waals surface area contributed by atoms with Crippen molar-refractivity contribution in [2.45, 2.75) is 24.7 Å². The number of nitrogens with zero attached hydrogens (tertiary/aromatic N) is 2. The SMILES string of the molecule is COC(=O)C(=N)/C=C(\Nc1ccccc1C(C)C)c1nc(-c2cccc(S(C)(=O)=O)c2)no1. The van der Waals surface area contributed by atoms with Crippen molar-refractivity contribution in [1.82, 2.24) is 10.1 Å². The van der Waals surface area contributed by atoms with Crippen LogP contribution in [0, 0.1) is 5.41 Å². The number of benzene rings is 2. The number of para-hydroxylation sites is 1. The number of rotatable bonds is 8. The van der Waals surface area contributed by atoms with Crippen molar-refractivity contribution < 1.29 is 22.5 Å². The van der Waals surface area contributed by atoms with Gasteiger partial charge in [0.2, 0.25) is 5.82 Å². The average molecular weight is 469 g/mol. The van der Waals surface area contributed by atoms with Crippen LogP contribution in [0.3, 0.4) is 0 Å². The Morgan fingerprint density at radius 2 is 1.91 bits per heavy atom. The summed E-state index contributed by atoms with van der Waals surface area (Å²) < 4.78 is 33.8. The number of nitrogens with one attached hydrogen (secondary N) is 2. The van der Waals surface area contributed by atoms with Crippen LogP contribution in [0.15, 0.2) is 64.0 Å². The monoisotopic (exact) mass is 468 g/mol. The van der Waals surface area contributed by atoms with Gasteiger partial charge in [0, 0.05) is 17.5 Å². The van der Waals surface area contributed by atoms with Crippen molar-refractivity contribution in [3.05, 3.63) is 66.1 Å². The van der Waals surface area contributed by atoms with E-state index in [2.05, 4.69) is 20.2 Å². The molecule has 3 rings (SSSR count). The molecule has 0 spiro atoms. The molecule has 3 aromatic rings. The first-order valence-electron chi connectivity index (χ1n) is 9.99. The molecule has 0 bridgehead atoms. The lowest BCUT2D eigenvalue weighted by atomic mass is 10.0. The lowest BCUT2D eigenvalue weighted by Crippen LogP contribution is -2.14. The third-order valence-electron chi connectivity index (χ3n) is 4.72. The molecule has 0 unspecified atom stereocenters. The normalized spacial score (nSPS) is 12.0. The standard InChI is InChI=1S/C23H24N4O5S/c1-14(2)17-10-5-6-11-19(17)25-20(13-18(24)23(28)31-3)22-26-21(27-32-22)15-8-7-9-16(12-15)33(4,29)30/h5-14,24-25H,1-4H3/b20-13-,24-18?. The molecule has 2 aromatic carbocycles. The Labute approximate surface area is 191 Å². The van der Waals surface area contributed by atoms with Gasteiger partial charge in [-0.05, 0) is 35.8 Å². The molecule has 33 heavy (non-hydrogen) atoms. The van der Waals surface area contributed by atoms with Gasteiger partial charge in [0.1, 0.15) is 11.4 Å². The van der Waals surface area contributed by atoms with Crippen molar-refractivity contribution in [2.75, 3.05) is 18.7 Å². The number of sulfone groups is 1.